The van der Waals surface area contributed by atoms with E-state index in [0.717, 1.165) is 4.70 Å². The first-order valence-corrected chi connectivity index (χ1v) is 13.3. The first kappa shape index (κ1) is 26.4. The van der Waals surface area contributed by atoms with Gasteiger partial charge in [-0.25, -0.2) is 8.42 Å². The third-order valence-corrected chi connectivity index (χ3v) is 8.44. The number of rotatable bonds is 9. The smallest absolute Gasteiger partial charge is 0.326 e. The average Bonchev–Trinajstić information content (AvgIpc) is 3.13. The van der Waals surface area contributed by atoms with Gasteiger partial charge in [-0.05, 0) is 38.5 Å². The molecule has 0 atom stereocenters. The molecular formula is C24H28N2O7S2. The third-order valence-electron chi connectivity index (χ3n) is 5.23. The minimum absolute atomic E-state index is 0.0255. The molecule has 9 nitrogen and oxygen atoms in total. The summed E-state index contributed by atoms with van der Waals surface area (Å²) < 4.78 is 42.8. The number of methoxy groups -OCH3 is 2. The zero-order valence-corrected chi connectivity index (χ0v) is 21.9. The molecule has 35 heavy (non-hydrogen) atoms. The Morgan fingerprint density at radius 2 is 1.69 bits per heavy atom. The lowest BCUT2D eigenvalue weighted by molar-refractivity contribution is -0.143. The van der Waals surface area contributed by atoms with Crippen molar-refractivity contribution in [1.82, 2.24) is 4.57 Å². The number of aromatic nitrogens is 1. The molecule has 3 rings (SSSR count). The maximum absolute atomic E-state index is 12.8. The maximum atomic E-state index is 12.8. The van der Waals surface area contributed by atoms with Gasteiger partial charge in [-0.1, -0.05) is 23.5 Å². The minimum atomic E-state index is -3.39. The molecule has 0 fully saturated rings. The number of hydrogen-bond donors (Lipinski definition) is 0. The number of ether oxygens (including phenoxy) is 3. The van der Waals surface area contributed by atoms with Crippen LogP contribution < -0.4 is 14.3 Å². The zero-order valence-electron chi connectivity index (χ0n) is 20.2. The van der Waals surface area contributed by atoms with Crippen LogP contribution in [0.1, 0.15) is 26.3 Å². The number of carbonyl (C=O) groups excluding carboxylic acids is 2. The van der Waals surface area contributed by atoms with Gasteiger partial charge in [0, 0.05) is 12.1 Å². The fourth-order valence-electron chi connectivity index (χ4n) is 3.36. The van der Waals surface area contributed by atoms with Gasteiger partial charge in [-0.15, -0.1) is 0 Å². The molecule has 2 aromatic carbocycles. The lowest BCUT2D eigenvalue weighted by Crippen LogP contribution is -2.23. The fourth-order valence-corrected chi connectivity index (χ4v) is 5.48. The van der Waals surface area contributed by atoms with Crippen molar-refractivity contribution in [1.29, 1.82) is 0 Å². The Kier molecular flexibility index (Phi) is 8.34. The highest BCUT2D eigenvalue weighted by molar-refractivity contribution is 7.92. The number of nitrogens with zero attached hydrogens (tertiary/aromatic N) is 2. The topological polar surface area (TPSA) is 113 Å². The van der Waals surface area contributed by atoms with Crippen LogP contribution in [0.4, 0.5) is 0 Å². The standard InChI is InChI=1S/C24H28N2O7S2/c1-6-33-23(28)14-26-18-12-19(31-4)20(32-5)13-21(18)34-24(26)25-22(27)11-16-7-9-17(10-8-16)35(29,30)15(2)3/h7-10,12-13,15H,6,11,14H2,1-5H3. The summed E-state index contributed by atoms with van der Waals surface area (Å²) in [4.78, 5) is 29.8. The van der Waals surface area contributed by atoms with Crippen molar-refractivity contribution in [2.45, 2.75) is 43.9 Å². The molecule has 0 saturated heterocycles. The SMILES string of the molecule is CCOC(=O)Cn1c(=NC(=O)Cc2ccc(S(=O)(=O)C(C)C)cc2)sc2cc(OC)c(OC)cc21. The van der Waals surface area contributed by atoms with E-state index in [1.54, 1.807) is 49.6 Å². The number of esters is 1. The van der Waals surface area contributed by atoms with E-state index in [0.29, 0.717) is 27.4 Å². The van der Waals surface area contributed by atoms with Crippen LogP contribution in [0.15, 0.2) is 46.3 Å². The van der Waals surface area contributed by atoms with Crippen LogP contribution in [-0.2, 0) is 37.1 Å². The highest BCUT2D eigenvalue weighted by Crippen LogP contribution is 2.33. The minimum Gasteiger partial charge on any atom is -0.493 e. The predicted molar refractivity (Wildman–Crippen MR) is 133 cm³/mol. The summed E-state index contributed by atoms with van der Waals surface area (Å²) in [7, 11) is -0.357. The van der Waals surface area contributed by atoms with E-state index in [9.17, 15) is 18.0 Å². The van der Waals surface area contributed by atoms with Gasteiger partial charge in [-0.3, -0.25) is 9.59 Å². The van der Waals surface area contributed by atoms with Crippen molar-refractivity contribution in [3.63, 3.8) is 0 Å². The Labute approximate surface area is 207 Å². The van der Waals surface area contributed by atoms with E-state index in [2.05, 4.69) is 4.99 Å². The number of benzene rings is 2. The summed E-state index contributed by atoms with van der Waals surface area (Å²) in [6.07, 6.45) is -0.0255. The number of thiazole rings is 1. The van der Waals surface area contributed by atoms with Crippen LogP contribution in [0, 0.1) is 0 Å². The molecule has 0 aliphatic carbocycles. The van der Waals surface area contributed by atoms with E-state index in [-0.39, 0.29) is 24.5 Å². The molecule has 0 aliphatic heterocycles. The molecule has 0 N–H and O–H groups in total. The summed E-state index contributed by atoms with van der Waals surface area (Å²) >= 11 is 1.23. The second-order valence-corrected chi connectivity index (χ2v) is 11.4. The molecule has 0 unspecified atom stereocenters. The highest BCUT2D eigenvalue weighted by Gasteiger charge is 2.19. The van der Waals surface area contributed by atoms with Crippen LogP contribution in [0.25, 0.3) is 10.2 Å². The van der Waals surface area contributed by atoms with Crippen molar-refractivity contribution >= 4 is 43.3 Å². The van der Waals surface area contributed by atoms with E-state index in [1.165, 1.54) is 37.7 Å². The Morgan fingerprint density at radius 3 is 2.26 bits per heavy atom. The fraction of sp³-hybridized carbons (Fsp3) is 0.375. The first-order chi connectivity index (χ1) is 16.6. The summed E-state index contributed by atoms with van der Waals surface area (Å²) in [5.41, 5.74) is 1.28. The van der Waals surface area contributed by atoms with Gasteiger partial charge in [0.05, 0.1) is 47.6 Å². The molecule has 1 amide bonds. The number of fused-ring (bicyclic) bond motifs is 1. The van der Waals surface area contributed by atoms with Gasteiger partial charge < -0.3 is 18.8 Å². The molecule has 11 heteroatoms. The van der Waals surface area contributed by atoms with Crippen LogP contribution in [0.3, 0.4) is 0 Å². The number of amides is 1. The van der Waals surface area contributed by atoms with Gasteiger partial charge in [-0.2, -0.15) is 4.99 Å². The van der Waals surface area contributed by atoms with Gasteiger partial charge in [0.25, 0.3) is 5.91 Å². The molecule has 0 spiro atoms. The summed E-state index contributed by atoms with van der Waals surface area (Å²) in [6.45, 7) is 5.05. The quantitative estimate of drug-likeness (QED) is 0.398. The second-order valence-electron chi connectivity index (χ2n) is 7.87. The van der Waals surface area contributed by atoms with Crippen molar-refractivity contribution in [3.05, 3.63) is 46.8 Å². The zero-order chi connectivity index (χ0) is 25.8. The molecule has 1 aromatic heterocycles. The largest absolute Gasteiger partial charge is 0.493 e. The van der Waals surface area contributed by atoms with Gasteiger partial charge in [0.1, 0.15) is 6.54 Å². The molecule has 0 aliphatic rings. The molecule has 188 valence electrons. The van der Waals surface area contributed by atoms with Crippen LogP contribution in [-0.4, -0.2) is 50.9 Å². The monoisotopic (exact) mass is 520 g/mol. The highest BCUT2D eigenvalue weighted by atomic mass is 32.2. The van der Waals surface area contributed by atoms with Crippen LogP contribution >= 0.6 is 11.3 Å². The second kappa shape index (κ2) is 11.0. The summed E-state index contributed by atoms with van der Waals surface area (Å²) in [5, 5.41) is -0.537. The Balaban J connectivity index is 1.99. The molecule has 1 heterocycles. The first-order valence-electron chi connectivity index (χ1n) is 10.9. The van der Waals surface area contributed by atoms with Gasteiger partial charge in [0.2, 0.25) is 0 Å². The van der Waals surface area contributed by atoms with Crippen LogP contribution in [0.2, 0.25) is 0 Å². The number of hydrogen-bond acceptors (Lipinski definition) is 8. The normalized spacial score (nSPS) is 12.2. The molecule has 3 aromatic rings. The third kappa shape index (κ3) is 5.91. The van der Waals surface area contributed by atoms with E-state index >= 15 is 0 Å². The van der Waals surface area contributed by atoms with E-state index < -0.39 is 27.0 Å². The van der Waals surface area contributed by atoms with Crippen molar-refractivity contribution in [3.8, 4) is 11.5 Å². The molecular weight excluding hydrogens is 492 g/mol. The summed E-state index contributed by atoms with van der Waals surface area (Å²) in [5.74, 6) is 0.0916. The Morgan fingerprint density at radius 1 is 1.06 bits per heavy atom. The van der Waals surface area contributed by atoms with E-state index in [4.69, 9.17) is 14.2 Å². The van der Waals surface area contributed by atoms with Crippen LogP contribution in [0.5, 0.6) is 11.5 Å². The lowest BCUT2D eigenvalue weighted by atomic mass is 10.1. The number of carbonyl (C=O) groups is 2. The van der Waals surface area contributed by atoms with Gasteiger partial charge in [0.15, 0.2) is 26.1 Å². The summed E-state index contributed by atoms with van der Waals surface area (Å²) in [6, 6.07) is 9.69. The number of sulfone groups is 1. The molecule has 0 bridgehead atoms. The maximum Gasteiger partial charge on any atom is 0.326 e. The molecule has 0 saturated carbocycles. The van der Waals surface area contributed by atoms with E-state index in [1.807, 2.05) is 0 Å². The lowest BCUT2D eigenvalue weighted by Gasteiger charge is -2.09. The van der Waals surface area contributed by atoms with Crippen molar-refractivity contribution in [2.75, 3.05) is 20.8 Å². The Hall–Kier alpha value is -3.18. The van der Waals surface area contributed by atoms with Crippen molar-refractivity contribution in [2.24, 2.45) is 4.99 Å². The van der Waals surface area contributed by atoms with Gasteiger partial charge >= 0.3 is 5.97 Å². The average molecular weight is 521 g/mol. The Bertz CT molecular complexity index is 1400. The van der Waals surface area contributed by atoms with Crippen molar-refractivity contribution < 1.29 is 32.2 Å². The predicted octanol–water partition coefficient (Wildman–Crippen LogP) is 3.14. The molecule has 0 radical (unpaired) electrons.